The van der Waals surface area contributed by atoms with Crippen LogP contribution in [0.15, 0.2) is 97.2 Å². The number of amides is 1. The Labute approximate surface area is 322 Å². The number of carbonyl (C=O) groups excluding carboxylic acids is 1. The lowest BCUT2D eigenvalue weighted by atomic mass is 9.92. The molecule has 0 radical (unpaired) electrons. The molecule has 1 aliphatic heterocycles. The fraction of sp³-hybridized carbons (Fsp3) is 0.326. The van der Waals surface area contributed by atoms with Gasteiger partial charge in [-0.2, -0.15) is 0 Å². The Bertz CT molecular complexity index is 2190. The van der Waals surface area contributed by atoms with Gasteiger partial charge in [-0.3, -0.25) is 9.48 Å². The van der Waals surface area contributed by atoms with E-state index in [1.165, 1.54) is 0 Å². The molecule has 0 saturated carbocycles. The van der Waals surface area contributed by atoms with Crippen molar-refractivity contribution in [1.82, 2.24) is 20.3 Å². The number of rotatable bonds is 17. The summed E-state index contributed by atoms with van der Waals surface area (Å²) in [6, 6.07) is 30.5. The molecule has 6 aromatic rings. The molecule has 0 bridgehead atoms. The molecule has 0 fully saturated rings. The summed E-state index contributed by atoms with van der Waals surface area (Å²) in [5.74, 6) is 3.38. The van der Waals surface area contributed by atoms with Crippen LogP contribution in [0.3, 0.4) is 0 Å². The van der Waals surface area contributed by atoms with Crippen molar-refractivity contribution in [2.75, 3.05) is 19.9 Å². The predicted molar refractivity (Wildman–Crippen MR) is 215 cm³/mol. The summed E-state index contributed by atoms with van der Waals surface area (Å²) in [6.07, 6.45) is 5.61. The minimum absolute atomic E-state index is 0. The van der Waals surface area contributed by atoms with Crippen molar-refractivity contribution in [1.29, 1.82) is 0 Å². The van der Waals surface area contributed by atoms with Crippen molar-refractivity contribution in [3.05, 3.63) is 108 Å². The molecular formula is C43H48ClN5O5. The van der Waals surface area contributed by atoms with E-state index in [1.54, 1.807) is 4.68 Å². The van der Waals surface area contributed by atoms with Crippen molar-refractivity contribution < 1.29 is 23.7 Å². The first kappa shape index (κ1) is 38.4. The van der Waals surface area contributed by atoms with Crippen molar-refractivity contribution >= 4 is 39.9 Å². The molecule has 1 aromatic heterocycles. The lowest BCUT2D eigenvalue weighted by Gasteiger charge is -2.20. The first-order valence-corrected chi connectivity index (χ1v) is 18.5. The third-order valence-electron chi connectivity index (χ3n) is 9.53. The van der Waals surface area contributed by atoms with E-state index in [0.717, 1.165) is 75.4 Å². The Balaban J connectivity index is 0.00000497. The van der Waals surface area contributed by atoms with Gasteiger partial charge in [0.05, 0.1) is 25.8 Å². The van der Waals surface area contributed by atoms with Crippen LogP contribution >= 0.6 is 12.4 Å². The van der Waals surface area contributed by atoms with Gasteiger partial charge in [-0.1, -0.05) is 92.2 Å². The Morgan fingerprint density at radius 2 is 1.54 bits per heavy atom. The molecule has 5 aromatic carbocycles. The summed E-state index contributed by atoms with van der Waals surface area (Å²) in [4.78, 5) is 13.2. The zero-order chi connectivity index (χ0) is 36.6. The number of carbonyl (C=O) groups is 1. The number of hydrogen-bond acceptors (Lipinski definition) is 8. The highest BCUT2D eigenvalue weighted by atomic mass is 35.5. The smallest absolute Gasteiger partial charge is 0.231 e. The number of nitrogens with one attached hydrogen (secondary N) is 1. The fourth-order valence-electron chi connectivity index (χ4n) is 6.79. The number of hydrogen-bond donors (Lipinski definition) is 2. The molecule has 1 aliphatic rings. The zero-order valence-electron chi connectivity index (χ0n) is 30.8. The van der Waals surface area contributed by atoms with Gasteiger partial charge in [0.1, 0.15) is 23.8 Å². The van der Waals surface area contributed by atoms with Crippen LogP contribution in [0.1, 0.15) is 50.8 Å². The summed E-state index contributed by atoms with van der Waals surface area (Å²) >= 11 is 0. The Kier molecular flexibility index (Phi) is 12.9. The first-order valence-electron chi connectivity index (χ1n) is 18.5. The molecule has 54 heavy (non-hydrogen) atoms. The van der Waals surface area contributed by atoms with Gasteiger partial charge in [-0.05, 0) is 83.1 Å². The van der Waals surface area contributed by atoms with Crippen molar-refractivity contribution in [2.24, 2.45) is 11.7 Å². The lowest BCUT2D eigenvalue weighted by Crippen LogP contribution is -2.39. The number of unbranched alkanes of at least 4 members (excludes halogenated alkanes) is 1. The number of benzene rings is 5. The van der Waals surface area contributed by atoms with Gasteiger partial charge < -0.3 is 30.0 Å². The molecule has 10 nitrogen and oxygen atoms in total. The molecule has 0 aliphatic carbocycles. The summed E-state index contributed by atoms with van der Waals surface area (Å²) in [7, 11) is 0. The van der Waals surface area contributed by atoms with Crippen LogP contribution in [0.4, 0.5) is 0 Å². The van der Waals surface area contributed by atoms with Crippen LogP contribution in [-0.2, 0) is 24.4 Å². The minimum atomic E-state index is -0.147. The Morgan fingerprint density at radius 3 is 2.24 bits per heavy atom. The van der Waals surface area contributed by atoms with E-state index in [2.05, 4.69) is 96.2 Å². The van der Waals surface area contributed by atoms with Crippen LogP contribution in [0.25, 0.3) is 32.7 Å². The van der Waals surface area contributed by atoms with Gasteiger partial charge in [0.2, 0.25) is 12.7 Å². The number of nitrogens with zero attached hydrogens (tertiary/aromatic N) is 3. The van der Waals surface area contributed by atoms with Gasteiger partial charge in [-0.15, -0.1) is 17.5 Å². The molecule has 0 unspecified atom stereocenters. The molecule has 11 heteroatoms. The second kappa shape index (κ2) is 18.1. The Morgan fingerprint density at radius 1 is 0.852 bits per heavy atom. The first-order chi connectivity index (χ1) is 25.9. The average molecular weight is 750 g/mol. The van der Waals surface area contributed by atoms with Gasteiger partial charge >= 0.3 is 0 Å². The summed E-state index contributed by atoms with van der Waals surface area (Å²) in [6.45, 7) is 6.52. The number of fused-ring (bicyclic) bond motifs is 3. The van der Waals surface area contributed by atoms with Gasteiger partial charge in [-0.25, -0.2) is 0 Å². The zero-order valence-corrected chi connectivity index (χ0v) is 31.6. The molecule has 282 valence electrons. The predicted octanol–water partition coefficient (Wildman–Crippen LogP) is 8.26. The summed E-state index contributed by atoms with van der Waals surface area (Å²) in [5, 5.41) is 16.5. The van der Waals surface area contributed by atoms with Crippen molar-refractivity contribution in [2.45, 2.75) is 65.1 Å². The van der Waals surface area contributed by atoms with Crippen LogP contribution in [0, 0.1) is 5.92 Å². The Hall–Kier alpha value is -5.32. The largest absolute Gasteiger partial charge is 0.493 e. The van der Waals surface area contributed by atoms with E-state index in [4.69, 9.17) is 24.7 Å². The maximum atomic E-state index is 13.2. The van der Waals surface area contributed by atoms with E-state index in [-0.39, 0.29) is 44.2 Å². The van der Waals surface area contributed by atoms with Gasteiger partial charge in [0.15, 0.2) is 11.5 Å². The van der Waals surface area contributed by atoms with Crippen molar-refractivity contribution in [3.63, 3.8) is 0 Å². The number of ether oxygens (including phenoxy) is 4. The molecule has 0 spiro atoms. The van der Waals surface area contributed by atoms with E-state index >= 15 is 0 Å². The van der Waals surface area contributed by atoms with E-state index in [0.29, 0.717) is 42.8 Å². The minimum Gasteiger partial charge on any atom is -0.493 e. The van der Waals surface area contributed by atoms with E-state index < -0.39 is 0 Å². The molecule has 7 rings (SSSR count). The van der Waals surface area contributed by atoms with Gasteiger partial charge in [0, 0.05) is 17.2 Å². The highest BCUT2D eigenvalue weighted by molar-refractivity contribution is 6.09. The van der Waals surface area contributed by atoms with E-state index in [1.807, 2.05) is 30.5 Å². The van der Waals surface area contributed by atoms with E-state index in [9.17, 15) is 4.79 Å². The molecule has 3 N–H and O–H groups in total. The SMILES string of the molecule is CC(C)CCOc1ccc2ccccc2c1-c1c(OCc2cn(C[C@@H](CCCCN)NC(=O)Cc3ccc4c(c3)OCO4)nn2)ccc2ccccc12.Cl. The second-order valence-electron chi connectivity index (χ2n) is 14.0. The molecular weight excluding hydrogens is 702 g/mol. The fourth-order valence-corrected chi connectivity index (χ4v) is 6.79. The topological polar surface area (TPSA) is 123 Å². The second-order valence-corrected chi connectivity index (χ2v) is 14.0. The number of nitrogens with two attached hydrogens (primary N) is 1. The number of aromatic nitrogens is 3. The molecule has 2 heterocycles. The maximum absolute atomic E-state index is 13.2. The average Bonchev–Trinajstić information content (AvgIpc) is 3.83. The highest BCUT2D eigenvalue weighted by Gasteiger charge is 2.21. The maximum Gasteiger partial charge on any atom is 0.231 e. The quantitative estimate of drug-likeness (QED) is 0.0894. The highest BCUT2D eigenvalue weighted by Crippen LogP contribution is 2.45. The van der Waals surface area contributed by atoms with Crippen molar-refractivity contribution in [3.8, 4) is 34.1 Å². The third-order valence-corrected chi connectivity index (χ3v) is 9.53. The van der Waals surface area contributed by atoms with Crippen LogP contribution in [-0.4, -0.2) is 46.9 Å². The standard InChI is InChI=1S/C43H47N5O5.ClH/c1-29(2)20-22-50-38-18-15-31-9-3-5-12-35(31)42(38)43-36-13-6-4-10-32(36)16-19-39(43)51-27-34-26-48(47-46-34)25-33(11-7-8-21-44)45-41(49)24-30-14-17-37-40(23-30)53-28-52-37;/h3-6,9-10,12-19,23,26,29,33H,7-8,11,20-22,24-25,27-28,44H2,1-2H3,(H,45,49);1H/t33-;/m1./s1. The summed E-state index contributed by atoms with van der Waals surface area (Å²) in [5.41, 5.74) is 9.33. The van der Waals surface area contributed by atoms with Gasteiger partial charge in [0.25, 0.3) is 0 Å². The summed E-state index contributed by atoms with van der Waals surface area (Å²) < 4.78 is 25.8. The monoisotopic (exact) mass is 749 g/mol. The molecule has 1 atom stereocenters. The molecule has 0 saturated heterocycles. The van der Waals surface area contributed by atoms with Crippen LogP contribution in [0.5, 0.6) is 23.0 Å². The third kappa shape index (κ3) is 9.24. The lowest BCUT2D eigenvalue weighted by molar-refractivity contribution is -0.121. The normalized spacial score (nSPS) is 12.5. The number of halogens is 1. The molecule has 1 amide bonds. The van der Waals surface area contributed by atoms with Crippen LogP contribution in [0.2, 0.25) is 0 Å². The van der Waals surface area contributed by atoms with Crippen LogP contribution < -0.4 is 30.0 Å².